The van der Waals surface area contributed by atoms with Crippen molar-refractivity contribution in [2.45, 2.75) is 78.6 Å². The van der Waals surface area contributed by atoms with Crippen LogP contribution < -0.4 is 0 Å². The summed E-state index contributed by atoms with van der Waals surface area (Å²) in [5.74, 6) is 3.06. The second kappa shape index (κ2) is 7.30. The van der Waals surface area contributed by atoms with Crippen LogP contribution in [0.15, 0.2) is 0 Å². The monoisotopic (exact) mass is 210 g/mol. The lowest BCUT2D eigenvalue weighted by molar-refractivity contribution is 0.267. The van der Waals surface area contributed by atoms with Gasteiger partial charge in [0.05, 0.1) is 0 Å². The molecule has 1 fully saturated rings. The Bertz CT molecular complexity index is 142. The molecule has 0 amide bonds. The molecule has 0 heterocycles. The lowest BCUT2D eigenvalue weighted by Gasteiger charge is -2.26. The van der Waals surface area contributed by atoms with E-state index in [0.717, 1.165) is 17.8 Å². The zero-order valence-corrected chi connectivity index (χ0v) is 11.1. The first-order chi connectivity index (χ1) is 7.22. The van der Waals surface area contributed by atoms with Gasteiger partial charge in [-0.05, 0) is 17.8 Å². The quantitative estimate of drug-likeness (QED) is 0.549. The summed E-state index contributed by atoms with van der Waals surface area (Å²) in [4.78, 5) is 0. The summed E-state index contributed by atoms with van der Waals surface area (Å²) in [5.41, 5.74) is 0. The standard InChI is InChI=1S/C15H30/c1-4-6-13(2)7-5-8-15-11-9-14(3)10-12-15/h13-15H,4-12H2,1-3H3. The minimum absolute atomic E-state index is 0.970. The van der Waals surface area contributed by atoms with Crippen molar-refractivity contribution in [3.05, 3.63) is 0 Å². The largest absolute Gasteiger partial charge is 0.0654 e. The molecule has 0 spiro atoms. The molecule has 0 aliphatic heterocycles. The highest BCUT2D eigenvalue weighted by Gasteiger charge is 2.17. The van der Waals surface area contributed by atoms with Crippen LogP contribution in [0.1, 0.15) is 78.6 Å². The third kappa shape index (κ3) is 5.58. The SMILES string of the molecule is CCCC(C)CCCC1CCC(C)CC1. The van der Waals surface area contributed by atoms with E-state index in [4.69, 9.17) is 0 Å². The van der Waals surface area contributed by atoms with Crippen LogP contribution in [0.4, 0.5) is 0 Å². The number of hydrogen-bond acceptors (Lipinski definition) is 0. The molecule has 1 rings (SSSR count). The van der Waals surface area contributed by atoms with E-state index in [9.17, 15) is 0 Å². The van der Waals surface area contributed by atoms with Gasteiger partial charge < -0.3 is 0 Å². The van der Waals surface area contributed by atoms with E-state index in [-0.39, 0.29) is 0 Å². The van der Waals surface area contributed by atoms with Gasteiger partial charge in [0, 0.05) is 0 Å². The van der Waals surface area contributed by atoms with Gasteiger partial charge in [-0.1, -0.05) is 78.6 Å². The topological polar surface area (TPSA) is 0 Å². The zero-order valence-electron chi connectivity index (χ0n) is 11.1. The highest BCUT2D eigenvalue weighted by molar-refractivity contribution is 4.70. The maximum Gasteiger partial charge on any atom is -0.0414 e. The Balaban J connectivity index is 2.00. The Morgan fingerprint density at radius 1 is 1.07 bits per heavy atom. The molecule has 1 aliphatic carbocycles. The van der Waals surface area contributed by atoms with Crippen molar-refractivity contribution in [2.75, 3.05) is 0 Å². The molecule has 0 bridgehead atoms. The summed E-state index contributed by atoms with van der Waals surface area (Å²) in [6.07, 6.45) is 13.3. The van der Waals surface area contributed by atoms with Crippen molar-refractivity contribution in [1.82, 2.24) is 0 Å². The van der Waals surface area contributed by atoms with Crippen molar-refractivity contribution in [3.63, 3.8) is 0 Å². The van der Waals surface area contributed by atoms with Crippen LogP contribution in [0, 0.1) is 17.8 Å². The van der Waals surface area contributed by atoms with Crippen molar-refractivity contribution in [1.29, 1.82) is 0 Å². The first kappa shape index (κ1) is 13.1. The average molecular weight is 210 g/mol. The Morgan fingerprint density at radius 3 is 2.33 bits per heavy atom. The van der Waals surface area contributed by atoms with Gasteiger partial charge in [-0.15, -0.1) is 0 Å². The summed E-state index contributed by atoms with van der Waals surface area (Å²) in [6.45, 7) is 7.14. The molecule has 1 saturated carbocycles. The maximum absolute atomic E-state index is 2.42. The van der Waals surface area contributed by atoms with Gasteiger partial charge >= 0.3 is 0 Å². The van der Waals surface area contributed by atoms with Crippen molar-refractivity contribution in [2.24, 2.45) is 17.8 Å². The van der Waals surface area contributed by atoms with Gasteiger partial charge in [-0.3, -0.25) is 0 Å². The van der Waals surface area contributed by atoms with E-state index >= 15 is 0 Å². The Morgan fingerprint density at radius 2 is 1.73 bits per heavy atom. The van der Waals surface area contributed by atoms with Gasteiger partial charge in [0.1, 0.15) is 0 Å². The van der Waals surface area contributed by atoms with E-state index in [1.807, 2.05) is 0 Å². The number of hydrogen-bond donors (Lipinski definition) is 0. The molecule has 0 aromatic carbocycles. The summed E-state index contributed by atoms with van der Waals surface area (Å²) in [6, 6.07) is 0. The minimum atomic E-state index is 0.970. The summed E-state index contributed by atoms with van der Waals surface area (Å²) in [5, 5.41) is 0. The van der Waals surface area contributed by atoms with Crippen LogP contribution in [-0.2, 0) is 0 Å². The van der Waals surface area contributed by atoms with Gasteiger partial charge in [0.25, 0.3) is 0 Å². The van der Waals surface area contributed by atoms with E-state index in [1.165, 1.54) is 57.8 Å². The highest BCUT2D eigenvalue weighted by Crippen LogP contribution is 2.31. The lowest BCUT2D eigenvalue weighted by atomic mass is 9.80. The predicted molar refractivity (Wildman–Crippen MR) is 69.0 cm³/mol. The van der Waals surface area contributed by atoms with Crippen LogP contribution in [0.3, 0.4) is 0 Å². The first-order valence-electron chi connectivity index (χ1n) is 7.22. The molecule has 0 nitrogen and oxygen atoms in total. The second-order valence-electron chi connectivity index (χ2n) is 5.95. The molecule has 1 aliphatic rings. The van der Waals surface area contributed by atoms with E-state index in [1.54, 1.807) is 0 Å². The highest BCUT2D eigenvalue weighted by atomic mass is 14.2. The Kier molecular flexibility index (Phi) is 6.36. The van der Waals surface area contributed by atoms with E-state index in [2.05, 4.69) is 20.8 Å². The minimum Gasteiger partial charge on any atom is -0.0654 e. The fourth-order valence-corrected chi connectivity index (χ4v) is 3.01. The Labute approximate surface area is 96.8 Å². The van der Waals surface area contributed by atoms with Crippen LogP contribution in [0.2, 0.25) is 0 Å². The predicted octanol–water partition coefficient (Wildman–Crippen LogP) is 5.42. The third-order valence-electron chi connectivity index (χ3n) is 4.23. The van der Waals surface area contributed by atoms with Gasteiger partial charge in [0.2, 0.25) is 0 Å². The van der Waals surface area contributed by atoms with E-state index < -0.39 is 0 Å². The van der Waals surface area contributed by atoms with Crippen LogP contribution in [0.25, 0.3) is 0 Å². The molecular formula is C15H30. The third-order valence-corrected chi connectivity index (χ3v) is 4.23. The molecule has 0 aromatic heterocycles. The molecule has 90 valence electrons. The molecule has 0 radical (unpaired) electrons. The van der Waals surface area contributed by atoms with Gasteiger partial charge in [-0.25, -0.2) is 0 Å². The normalized spacial score (nSPS) is 29.0. The molecule has 0 saturated heterocycles. The molecule has 1 unspecified atom stereocenters. The van der Waals surface area contributed by atoms with Crippen molar-refractivity contribution < 1.29 is 0 Å². The molecule has 0 aromatic rings. The molecule has 0 N–H and O–H groups in total. The first-order valence-corrected chi connectivity index (χ1v) is 7.22. The summed E-state index contributed by atoms with van der Waals surface area (Å²) >= 11 is 0. The van der Waals surface area contributed by atoms with Gasteiger partial charge in [-0.2, -0.15) is 0 Å². The second-order valence-corrected chi connectivity index (χ2v) is 5.95. The van der Waals surface area contributed by atoms with Crippen LogP contribution in [-0.4, -0.2) is 0 Å². The van der Waals surface area contributed by atoms with Crippen molar-refractivity contribution in [3.8, 4) is 0 Å². The van der Waals surface area contributed by atoms with Crippen LogP contribution >= 0.6 is 0 Å². The summed E-state index contributed by atoms with van der Waals surface area (Å²) in [7, 11) is 0. The molecule has 1 atom stereocenters. The molecule has 15 heavy (non-hydrogen) atoms. The average Bonchev–Trinajstić information content (AvgIpc) is 2.21. The summed E-state index contributed by atoms with van der Waals surface area (Å²) < 4.78 is 0. The van der Waals surface area contributed by atoms with Crippen LogP contribution in [0.5, 0.6) is 0 Å². The maximum atomic E-state index is 2.42. The Hall–Kier alpha value is 0. The fraction of sp³-hybridized carbons (Fsp3) is 1.00. The lowest BCUT2D eigenvalue weighted by Crippen LogP contribution is -2.12. The van der Waals surface area contributed by atoms with Crippen molar-refractivity contribution >= 4 is 0 Å². The van der Waals surface area contributed by atoms with E-state index in [0.29, 0.717) is 0 Å². The smallest absolute Gasteiger partial charge is 0.0414 e. The zero-order chi connectivity index (χ0) is 11.1. The fourth-order valence-electron chi connectivity index (χ4n) is 3.01. The van der Waals surface area contributed by atoms with Gasteiger partial charge in [0.15, 0.2) is 0 Å². The molecule has 0 heteroatoms. The number of rotatable bonds is 6. The molecular weight excluding hydrogens is 180 g/mol.